The van der Waals surface area contributed by atoms with E-state index in [0.717, 1.165) is 62.1 Å². The summed E-state index contributed by atoms with van der Waals surface area (Å²) < 4.78 is 20.2. The molecule has 2 aromatic heterocycles. The van der Waals surface area contributed by atoms with Crippen LogP contribution in [0.3, 0.4) is 0 Å². The Kier molecular flexibility index (Phi) is 8.72. The minimum atomic E-state index is -1.89. The highest BCUT2D eigenvalue weighted by molar-refractivity contribution is 6.74. The topological polar surface area (TPSA) is 124 Å². The van der Waals surface area contributed by atoms with E-state index in [1.165, 1.54) is 0 Å². The number of piperidine rings is 1. The molecule has 1 unspecified atom stereocenters. The highest BCUT2D eigenvalue weighted by Crippen LogP contribution is 2.40. The van der Waals surface area contributed by atoms with Gasteiger partial charge in [-0.1, -0.05) is 20.8 Å². The van der Waals surface area contributed by atoms with Crippen molar-refractivity contribution in [2.24, 2.45) is 0 Å². The summed E-state index contributed by atoms with van der Waals surface area (Å²) in [7, 11) is 0.254. The number of nitrogens with two attached hydrogens (primary N) is 1. The fourth-order valence-corrected chi connectivity index (χ4v) is 7.11. The lowest BCUT2D eigenvalue weighted by molar-refractivity contribution is -0.184. The first-order valence-electron chi connectivity index (χ1n) is 16.2. The number of nitrogen functional groups attached to an aromatic ring is 1. The Bertz CT molecular complexity index is 1490. The Hall–Kier alpha value is -3.03. The zero-order valence-corrected chi connectivity index (χ0v) is 28.6. The third-order valence-corrected chi connectivity index (χ3v) is 14.7. The summed E-state index contributed by atoms with van der Waals surface area (Å²) in [6, 6.07) is 6.80. The zero-order valence-electron chi connectivity index (χ0n) is 27.6. The molecule has 3 N–H and O–H groups in total. The third-order valence-electron chi connectivity index (χ3n) is 10.2. The molecule has 3 fully saturated rings. The Morgan fingerprint density at radius 2 is 1.84 bits per heavy atom. The SMILES string of the molecule is CN1CCC(n2cc(Oc3nc(-c4cc(N5CCCC5CO[Si](C)(C)C(C)(C)C)cc(C5(O)COC5)c4)cnc3N)cn2)CC1. The van der Waals surface area contributed by atoms with Crippen LogP contribution in [0, 0.1) is 0 Å². The van der Waals surface area contributed by atoms with E-state index in [-0.39, 0.29) is 36.0 Å². The van der Waals surface area contributed by atoms with Gasteiger partial charge in [0.15, 0.2) is 19.9 Å². The van der Waals surface area contributed by atoms with E-state index in [0.29, 0.717) is 24.1 Å². The first-order chi connectivity index (χ1) is 21.3. The van der Waals surface area contributed by atoms with Crippen molar-refractivity contribution in [3.8, 4) is 22.9 Å². The van der Waals surface area contributed by atoms with Crippen LogP contribution in [-0.4, -0.2) is 90.6 Å². The van der Waals surface area contributed by atoms with Crippen molar-refractivity contribution in [2.45, 2.75) is 82.3 Å². The predicted octanol–water partition coefficient (Wildman–Crippen LogP) is 5.19. The summed E-state index contributed by atoms with van der Waals surface area (Å²) in [5.74, 6) is 1.01. The fraction of sp³-hybridized carbons (Fsp3) is 0.606. The highest BCUT2D eigenvalue weighted by Gasteiger charge is 2.41. The van der Waals surface area contributed by atoms with Crippen molar-refractivity contribution >= 4 is 19.8 Å². The molecular weight excluding hydrogens is 586 g/mol. The van der Waals surface area contributed by atoms with Crippen LogP contribution in [0.2, 0.25) is 18.1 Å². The van der Waals surface area contributed by atoms with Crippen LogP contribution >= 0.6 is 0 Å². The van der Waals surface area contributed by atoms with Gasteiger partial charge >= 0.3 is 0 Å². The number of aromatic nitrogens is 4. The molecule has 12 heteroatoms. The monoisotopic (exact) mass is 635 g/mol. The van der Waals surface area contributed by atoms with Crippen LogP contribution in [0.4, 0.5) is 11.5 Å². The van der Waals surface area contributed by atoms with E-state index in [4.69, 9.17) is 24.6 Å². The third kappa shape index (κ3) is 6.75. The number of nitrogens with zero attached hydrogens (tertiary/aromatic N) is 6. The number of benzene rings is 1. The van der Waals surface area contributed by atoms with Gasteiger partial charge in [-0.25, -0.2) is 9.97 Å². The second-order valence-electron chi connectivity index (χ2n) is 14.6. The lowest BCUT2D eigenvalue weighted by Crippen LogP contribution is -2.47. The molecule has 11 nitrogen and oxygen atoms in total. The minimum Gasteiger partial charge on any atom is -0.433 e. The van der Waals surface area contributed by atoms with Crippen molar-refractivity contribution in [3.63, 3.8) is 0 Å². The molecule has 0 radical (unpaired) electrons. The molecule has 3 aromatic rings. The van der Waals surface area contributed by atoms with Crippen LogP contribution in [0.1, 0.15) is 58.1 Å². The van der Waals surface area contributed by atoms with Gasteiger partial charge in [0.25, 0.3) is 5.88 Å². The summed E-state index contributed by atoms with van der Waals surface area (Å²) in [5, 5.41) is 16.1. The van der Waals surface area contributed by atoms with Gasteiger partial charge in [-0.15, -0.1) is 0 Å². The molecule has 244 valence electrons. The molecule has 0 saturated carbocycles. The average molecular weight is 636 g/mol. The molecule has 1 atom stereocenters. The number of hydrogen-bond acceptors (Lipinski definition) is 10. The minimum absolute atomic E-state index is 0.149. The van der Waals surface area contributed by atoms with E-state index in [1.807, 2.05) is 16.9 Å². The number of ether oxygens (including phenoxy) is 2. The maximum atomic E-state index is 11.3. The maximum absolute atomic E-state index is 11.3. The average Bonchev–Trinajstić information content (AvgIpc) is 3.65. The summed E-state index contributed by atoms with van der Waals surface area (Å²) >= 11 is 0. The Balaban J connectivity index is 1.27. The van der Waals surface area contributed by atoms with E-state index in [1.54, 1.807) is 12.4 Å². The van der Waals surface area contributed by atoms with Crippen molar-refractivity contribution in [1.82, 2.24) is 24.6 Å². The molecule has 3 aliphatic heterocycles. The summed E-state index contributed by atoms with van der Waals surface area (Å²) in [4.78, 5) is 14.0. The largest absolute Gasteiger partial charge is 0.433 e. The van der Waals surface area contributed by atoms with E-state index in [2.05, 4.69) is 72.9 Å². The molecular formula is C33H49N7O4Si. The van der Waals surface area contributed by atoms with Gasteiger partial charge in [0.2, 0.25) is 0 Å². The number of likely N-dealkylation sites (tertiary alicyclic amines) is 1. The standard InChI is InChI=1S/C33H49N7O4Si/c1-32(2,3)45(5,6)43-20-26-8-7-11-39(26)27-15-23(14-24(16-27)33(41)21-42-22-33)29-18-35-30(34)31(37-29)44-28-17-36-40(19-28)25-9-12-38(4)13-10-25/h14-19,25-26,41H,7-13,20-22H2,1-6H3,(H2,34,35). The molecule has 5 heterocycles. The van der Waals surface area contributed by atoms with E-state index in [9.17, 15) is 5.11 Å². The maximum Gasteiger partial charge on any atom is 0.263 e. The molecule has 3 saturated heterocycles. The van der Waals surface area contributed by atoms with Gasteiger partial charge in [0, 0.05) is 17.8 Å². The summed E-state index contributed by atoms with van der Waals surface area (Å²) in [6.07, 6.45) is 9.52. The first kappa shape index (κ1) is 31.9. The smallest absolute Gasteiger partial charge is 0.263 e. The van der Waals surface area contributed by atoms with Gasteiger partial charge in [0.05, 0.1) is 56.2 Å². The van der Waals surface area contributed by atoms with Crippen molar-refractivity contribution < 1.29 is 19.0 Å². The van der Waals surface area contributed by atoms with Crippen LogP contribution in [0.25, 0.3) is 11.3 Å². The van der Waals surface area contributed by atoms with Crippen LogP contribution in [-0.2, 0) is 14.8 Å². The van der Waals surface area contributed by atoms with E-state index >= 15 is 0 Å². The number of rotatable bonds is 9. The molecule has 0 amide bonds. The normalized spacial score (nSPS) is 21.2. The van der Waals surface area contributed by atoms with Crippen LogP contribution < -0.4 is 15.4 Å². The van der Waals surface area contributed by atoms with Crippen molar-refractivity contribution in [1.29, 1.82) is 0 Å². The number of hydrogen-bond donors (Lipinski definition) is 2. The van der Waals surface area contributed by atoms with E-state index < -0.39 is 13.9 Å². The van der Waals surface area contributed by atoms with Crippen molar-refractivity contribution in [2.75, 3.05) is 57.1 Å². The lowest BCUT2D eigenvalue weighted by Gasteiger charge is -2.39. The van der Waals surface area contributed by atoms with Gasteiger partial charge in [0.1, 0.15) is 5.60 Å². The summed E-state index contributed by atoms with van der Waals surface area (Å²) in [5.41, 5.74) is 8.49. The second-order valence-corrected chi connectivity index (χ2v) is 19.4. The Morgan fingerprint density at radius 3 is 2.53 bits per heavy atom. The van der Waals surface area contributed by atoms with Gasteiger partial charge < -0.3 is 34.5 Å². The van der Waals surface area contributed by atoms with Crippen LogP contribution in [0.15, 0.2) is 36.8 Å². The molecule has 0 aliphatic carbocycles. The van der Waals surface area contributed by atoms with Gasteiger partial charge in [-0.3, -0.25) is 4.68 Å². The number of anilines is 2. The van der Waals surface area contributed by atoms with Gasteiger partial charge in [-0.05, 0) is 87.7 Å². The lowest BCUT2D eigenvalue weighted by atomic mass is 9.89. The Labute approximate surface area is 267 Å². The molecule has 1 aromatic carbocycles. The second kappa shape index (κ2) is 12.3. The quantitative estimate of drug-likeness (QED) is 0.304. The first-order valence-corrected chi connectivity index (χ1v) is 19.1. The zero-order chi connectivity index (χ0) is 32.0. The fourth-order valence-electron chi connectivity index (χ4n) is 6.07. The highest BCUT2D eigenvalue weighted by atomic mass is 28.4. The molecule has 45 heavy (non-hydrogen) atoms. The van der Waals surface area contributed by atoms with Gasteiger partial charge in [-0.2, -0.15) is 5.10 Å². The number of aliphatic hydroxyl groups is 1. The predicted molar refractivity (Wildman–Crippen MR) is 178 cm³/mol. The molecule has 3 aliphatic rings. The molecule has 0 bridgehead atoms. The molecule has 6 rings (SSSR count). The summed E-state index contributed by atoms with van der Waals surface area (Å²) in [6.45, 7) is 15.7. The van der Waals surface area contributed by atoms with Crippen molar-refractivity contribution in [3.05, 3.63) is 42.4 Å². The molecule has 0 spiro atoms. The Morgan fingerprint density at radius 1 is 1.09 bits per heavy atom. The van der Waals surface area contributed by atoms with Crippen LogP contribution in [0.5, 0.6) is 11.6 Å².